The van der Waals surface area contributed by atoms with E-state index in [1.807, 2.05) is 6.92 Å². The Morgan fingerprint density at radius 1 is 1.37 bits per heavy atom. The van der Waals surface area contributed by atoms with Gasteiger partial charge in [-0.2, -0.15) is 0 Å². The minimum atomic E-state index is -0.430. The maximum Gasteiger partial charge on any atom is 0.249 e. The van der Waals surface area contributed by atoms with Crippen LogP contribution in [0.3, 0.4) is 0 Å². The van der Waals surface area contributed by atoms with Crippen LogP contribution in [0.4, 0.5) is 0 Å². The molecule has 5 heteroatoms. The van der Waals surface area contributed by atoms with E-state index >= 15 is 0 Å². The second kappa shape index (κ2) is 9.28. The number of nitrogens with two attached hydrogens (primary N) is 1. The predicted molar refractivity (Wildman–Crippen MR) is 74.9 cm³/mol. The van der Waals surface area contributed by atoms with Crippen LogP contribution < -0.4 is 11.1 Å². The zero-order chi connectivity index (χ0) is 14.1. The van der Waals surface area contributed by atoms with E-state index in [0.717, 1.165) is 12.8 Å². The summed E-state index contributed by atoms with van der Waals surface area (Å²) in [4.78, 5) is 12.0. The van der Waals surface area contributed by atoms with Crippen molar-refractivity contribution in [3.05, 3.63) is 0 Å². The Hall–Kier alpha value is -0.650. The lowest BCUT2D eigenvalue weighted by atomic mass is 9.84. The van der Waals surface area contributed by atoms with Crippen molar-refractivity contribution in [3.63, 3.8) is 0 Å². The molecule has 3 atom stereocenters. The van der Waals surface area contributed by atoms with Gasteiger partial charge in [-0.15, -0.1) is 0 Å². The number of amides is 1. The monoisotopic (exact) mass is 272 g/mol. The fourth-order valence-electron chi connectivity index (χ4n) is 2.48. The highest BCUT2D eigenvalue weighted by Crippen LogP contribution is 2.23. The minimum Gasteiger partial charge on any atom is -0.379 e. The third kappa shape index (κ3) is 5.89. The van der Waals surface area contributed by atoms with Gasteiger partial charge in [0.05, 0.1) is 13.2 Å². The molecule has 0 aromatic heterocycles. The van der Waals surface area contributed by atoms with Gasteiger partial charge in [-0.05, 0) is 39.2 Å². The average Bonchev–Trinajstić information content (AvgIpc) is 2.44. The molecule has 3 N–H and O–H groups in total. The van der Waals surface area contributed by atoms with Crippen molar-refractivity contribution < 1.29 is 14.3 Å². The summed E-state index contributed by atoms with van der Waals surface area (Å²) in [6.07, 6.45) is 4.09. The first-order chi connectivity index (χ1) is 9.19. The van der Waals surface area contributed by atoms with Gasteiger partial charge >= 0.3 is 0 Å². The SMILES string of the molecule is CCOCCOC(C)C(=O)NC1CCCCC1CN. The van der Waals surface area contributed by atoms with Crippen LogP contribution >= 0.6 is 0 Å². The molecule has 1 aliphatic rings. The number of hydrogen-bond donors (Lipinski definition) is 2. The fourth-order valence-corrected chi connectivity index (χ4v) is 2.48. The van der Waals surface area contributed by atoms with Crippen LogP contribution in [0.25, 0.3) is 0 Å². The average molecular weight is 272 g/mol. The maximum atomic E-state index is 12.0. The van der Waals surface area contributed by atoms with Gasteiger partial charge in [0.25, 0.3) is 0 Å². The molecule has 1 fully saturated rings. The summed E-state index contributed by atoms with van der Waals surface area (Å²) in [5.74, 6) is 0.371. The molecule has 3 unspecified atom stereocenters. The van der Waals surface area contributed by atoms with E-state index in [0.29, 0.717) is 32.3 Å². The zero-order valence-corrected chi connectivity index (χ0v) is 12.2. The number of nitrogens with one attached hydrogen (secondary N) is 1. The molecular formula is C14H28N2O3. The molecule has 0 heterocycles. The van der Waals surface area contributed by atoms with Crippen molar-refractivity contribution in [3.8, 4) is 0 Å². The lowest BCUT2D eigenvalue weighted by Crippen LogP contribution is -2.48. The number of rotatable bonds is 8. The first-order valence-electron chi connectivity index (χ1n) is 7.38. The Labute approximate surface area is 116 Å². The third-order valence-electron chi connectivity index (χ3n) is 3.71. The number of hydrogen-bond acceptors (Lipinski definition) is 4. The van der Waals surface area contributed by atoms with Crippen molar-refractivity contribution in [2.45, 2.75) is 51.7 Å². The van der Waals surface area contributed by atoms with Crippen LogP contribution in [0.5, 0.6) is 0 Å². The van der Waals surface area contributed by atoms with Crippen molar-refractivity contribution in [1.82, 2.24) is 5.32 Å². The molecule has 1 aliphatic carbocycles. The van der Waals surface area contributed by atoms with Crippen LogP contribution in [-0.2, 0) is 14.3 Å². The topological polar surface area (TPSA) is 73.6 Å². The fraction of sp³-hybridized carbons (Fsp3) is 0.929. The van der Waals surface area contributed by atoms with Crippen molar-refractivity contribution in [2.75, 3.05) is 26.4 Å². The van der Waals surface area contributed by atoms with Crippen LogP contribution in [0, 0.1) is 5.92 Å². The second-order valence-corrected chi connectivity index (χ2v) is 5.11. The van der Waals surface area contributed by atoms with Gasteiger partial charge in [0, 0.05) is 12.6 Å². The second-order valence-electron chi connectivity index (χ2n) is 5.11. The molecule has 1 rings (SSSR count). The van der Waals surface area contributed by atoms with Gasteiger partial charge < -0.3 is 20.5 Å². The largest absolute Gasteiger partial charge is 0.379 e. The summed E-state index contributed by atoms with van der Waals surface area (Å²) >= 11 is 0. The smallest absolute Gasteiger partial charge is 0.249 e. The highest BCUT2D eigenvalue weighted by atomic mass is 16.5. The van der Waals surface area contributed by atoms with Crippen LogP contribution in [0.2, 0.25) is 0 Å². The third-order valence-corrected chi connectivity index (χ3v) is 3.71. The maximum absolute atomic E-state index is 12.0. The molecule has 1 amide bonds. The van der Waals surface area contributed by atoms with Crippen LogP contribution in [0.15, 0.2) is 0 Å². The molecule has 1 saturated carbocycles. The van der Waals surface area contributed by atoms with Crippen molar-refractivity contribution in [2.24, 2.45) is 11.7 Å². The van der Waals surface area contributed by atoms with E-state index < -0.39 is 6.10 Å². The Kier molecular flexibility index (Phi) is 8.02. The van der Waals surface area contributed by atoms with Crippen LogP contribution in [0.1, 0.15) is 39.5 Å². The van der Waals surface area contributed by atoms with Gasteiger partial charge in [-0.1, -0.05) is 12.8 Å². The van der Waals surface area contributed by atoms with Gasteiger partial charge in [-0.25, -0.2) is 0 Å². The molecule has 0 aromatic carbocycles. The zero-order valence-electron chi connectivity index (χ0n) is 12.2. The normalized spacial score (nSPS) is 25.0. The van der Waals surface area contributed by atoms with Gasteiger partial charge in [0.15, 0.2) is 0 Å². The van der Waals surface area contributed by atoms with Crippen molar-refractivity contribution in [1.29, 1.82) is 0 Å². The minimum absolute atomic E-state index is 0.0400. The van der Waals surface area contributed by atoms with E-state index in [1.165, 1.54) is 12.8 Å². The number of ether oxygens (including phenoxy) is 2. The molecular weight excluding hydrogens is 244 g/mol. The number of carbonyl (C=O) groups is 1. The van der Waals surface area contributed by atoms with Gasteiger partial charge in [0.2, 0.25) is 5.91 Å². The lowest BCUT2D eigenvalue weighted by molar-refractivity contribution is -0.134. The summed E-state index contributed by atoms with van der Waals surface area (Å²) in [7, 11) is 0. The molecule has 5 nitrogen and oxygen atoms in total. The standard InChI is InChI=1S/C14H28N2O3/c1-3-18-8-9-19-11(2)14(17)16-13-7-5-4-6-12(13)10-15/h11-13H,3-10,15H2,1-2H3,(H,16,17). The van der Waals surface area contributed by atoms with E-state index in [2.05, 4.69) is 5.32 Å². The Bertz CT molecular complexity index is 261. The van der Waals surface area contributed by atoms with Gasteiger partial charge in [0.1, 0.15) is 6.10 Å². The molecule has 112 valence electrons. The predicted octanol–water partition coefficient (Wildman–Crippen LogP) is 1.06. The molecule has 0 saturated heterocycles. The summed E-state index contributed by atoms with van der Waals surface area (Å²) in [5.41, 5.74) is 5.76. The Morgan fingerprint density at radius 2 is 2.11 bits per heavy atom. The molecule has 0 bridgehead atoms. The summed E-state index contributed by atoms with van der Waals surface area (Å²) in [5, 5.41) is 3.08. The van der Waals surface area contributed by atoms with E-state index in [4.69, 9.17) is 15.2 Å². The van der Waals surface area contributed by atoms with E-state index in [-0.39, 0.29) is 11.9 Å². The molecule has 0 spiro atoms. The quantitative estimate of drug-likeness (QED) is 0.648. The first kappa shape index (κ1) is 16.4. The van der Waals surface area contributed by atoms with Crippen molar-refractivity contribution >= 4 is 5.91 Å². The summed E-state index contributed by atoms with van der Waals surface area (Å²) in [6.45, 7) is 6.01. The highest BCUT2D eigenvalue weighted by Gasteiger charge is 2.26. The molecule has 0 aliphatic heterocycles. The highest BCUT2D eigenvalue weighted by molar-refractivity contribution is 5.80. The van der Waals surface area contributed by atoms with E-state index in [1.54, 1.807) is 6.92 Å². The first-order valence-corrected chi connectivity index (χ1v) is 7.38. The van der Waals surface area contributed by atoms with E-state index in [9.17, 15) is 4.79 Å². The summed E-state index contributed by atoms with van der Waals surface area (Å²) in [6, 6.07) is 0.212. The lowest BCUT2D eigenvalue weighted by Gasteiger charge is -2.32. The molecule has 0 aromatic rings. The number of carbonyl (C=O) groups excluding carboxylic acids is 1. The summed E-state index contributed by atoms with van der Waals surface area (Å²) < 4.78 is 10.6. The molecule has 19 heavy (non-hydrogen) atoms. The Balaban J connectivity index is 2.27. The van der Waals surface area contributed by atoms with Gasteiger partial charge in [-0.3, -0.25) is 4.79 Å². The molecule has 0 radical (unpaired) electrons. The Morgan fingerprint density at radius 3 is 2.79 bits per heavy atom. The van der Waals surface area contributed by atoms with Crippen LogP contribution in [-0.4, -0.2) is 44.4 Å².